The van der Waals surface area contributed by atoms with Crippen LogP contribution in [0.5, 0.6) is 5.75 Å². The number of fused-ring (bicyclic) bond motifs is 1. The molecule has 1 spiro atoms. The zero-order valence-corrected chi connectivity index (χ0v) is 18.2. The molecule has 5 rings (SSSR count). The smallest absolute Gasteiger partial charge is 0.254 e. The van der Waals surface area contributed by atoms with Crippen LogP contribution in [0.25, 0.3) is 0 Å². The van der Waals surface area contributed by atoms with Crippen molar-refractivity contribution in [3.63, 3.8) is 0 Å². The molecule has 0 radical (unpaired) electrons. The fraction of sp³-hybridized carbons (Fsp3) is 0.240. The zero-order chi connectivity index (χ0) is 22.8. The van der Waals surface area contributed by atoms with Gasteiger partial charge in [0.1, 0.15) is 11.4 Å². The minimum atomic E-state index is -0.578. The summed E-state index contributed by atoms with van der Waals surface area (Å²) in [7, 11) is 1.40. The van der Waals surface area contributed by atoms with Crippen molar-refractivity contribution in [3.05, 3.63) is 83.8 Å². The molecule has 2 aromatic carbocycles. The average Bonchev–Trinajstić information content (AvgIpc) is 3.27. The van der Waals surface area contributed by atoms with Crippen molar-refractivity contribution in [3.8, 4) is 5.75 Å². The lowest BCUT2D eigenvalue weighted by molar-refractivity contribution is 0.0788. The number of pyridine rings is 1. The Hall–Kier alpha value is -3.94. The van der Waals surface area contributed by atoms with E-state index < -0.39 is 11.4 Å². The Morgan fingerprint density at radius 2 is 2.06 bits per heavy atom. The topological polar surface area (TPSA) is 78.8 Å². The van der Waals surface area contributed by atoms with E-state index in [-0.39, 0.29) is 11.7 Å². The van der Waals surface area contributed by atoms with Gasteiger partial charge in [-0.2, -0.15) is 0 Å². The number of likely N-dealkylation sites (tertiary alicyclic amines) is 1. The molecule has 1 saturated heterocycles. The molecule has 2 N–H and O–H groups in total. The first-order chi connectivity index (χ1) is 16.1. The maximum absolute atomic E-state index is 14.2. The van der Waals surface area contributed by atoms with Crippen molar-refractivity contribution >= 4 is 23.2 Å². The maximum atomic E-state index is 14.2. The summed E-state index contributed by atoms with van der Waals surface area (Å²) < 4.78 is 19.2. The molecule has 8 heteroatoms. The highest BCUT2D eigenvalue weighted by atomic mass is 19.1. The van der Waals surface area contributed by atoms with Crippen LogP contribution < -0.4 is 15.4 Å². The van der Waals surface area contributed by atoms with E-state index in [9.17, 15) is 9.18 Å². The minimum absolute atomic E-state index is 0.113. The number of carbonyl (C=O) groups is 1. The predicted molar refractivity (Wildman–Crippen MR) is 125 cm³/mol. The number of nitrogens with zero attached hydrogens (tertiary/aromatic N) is 3. The third-order valence-electron chi connectivity index (χ3n) is 6.09. The molecular weight excluding hydrogens is 421 g/mol. The summed E-state index contributed by atoms with van der Waals surface area (Å²) in [6.45, 7) is 1.42. The number of carbonyl (C=O) groups excluding carboxylic acids is 1. The Labute approximate surface area is 191 Å². The van der Waals surface area contributed by atoms with E-state index >= 15 is 0 Å². The molecule has 1 atom stereocenters. The van der Waals surface area contributed by atoms with E-state index in [1.807, 2.05) is 42.5 Å². The van der Waals surface area contributed by atoms with E-state index in [0.717, 1.165) is 17.1 Å². The maximum Gasteiger partial charge on any atom is 0.254 e. The zero-order valence-electron chi connectivity index (χ0n) is 18.2. The highest BCUT2D eigenvalue weighted by molar-refractivity contribution is 6.09. The Balaban J connectivity index is 1.43. The van der Waals surface area contributed by atoms with Crippen LogP contribution >= 0.6 is 0 Å². The van der Waals surface area contributed by atoms with Gasteiger partial charge in [-0.05, 0) is 42.3 Å². The molecule has 168 valence electrons. The lowest BCUT2D eigenvalue weighted by atomic mass is 9.93. The first-order valence-electron chi connectivity index (χ1n) is 10.8. The lowest BCUT2D eigenvalue weighted by Crippen LogP contribution is -2.55. The van der Waals surface area contributed by atoms with E-state index in [1.165, 1.54) is 19.2 Å². The molecule has 3 heterocycles. The molecule has 2 aliphatic heterocycles. The molecule has 0 saturated carbocycles. The second-order valence-corrected chi connectivity index (χ2v) is 8.21. The Morgan fingerprint density at radius 1 is 1.21 bits per heavy atom. The van der Waals surface area contributed by atoms with Crippen LogP contribution in [0.2, 0.25) is 0 Å². The molecule has 0 bridgehead atoms. The second kappa shape index (κ2) is 8.54. The molecule has 2 aliphatic rings. The number of benzene rings is 2. The van der Waals surface area contributed by atoms with Crippen molar-refractivity contribution in [1.82, 2.24) is 9.88 Å². The standard InChI is InChI=1S/C25H24FN5O2/c1-33-21-10-9-18(14-19(21)26)23(32)31-13-11-25(16-31)24(28-15-17-6-3-2-4-7-17)29-22-20(30-25)8-5-12-27-22/h2-10,12,14,30H,11,13,15-16H2,1H3,(H,27,28,29)/t25-/m1/s1. The van der Waals surface area contributed by atoms with Gasteiger partial charge in [-0.1, -0.05) is 30.3 Å². The molecule has 3 aromatic rings. The summed E-state index contributed by atoms with van der Waals surface area (Å²) in [4.78, 5) is 24.2. The highest BCUT2D eigenvalue weighted by Gasteiger charge is 2.47. The lowest BCUT2D eigenvalue weighted by Gasteiger charge is -2.38. The van der Waals surface area contributed by atoms with E-state index in [2.05, 4.69) is 15.6 Å². The highest BCUT2D eigenvalue weighted by Crippen LogP contribution is 2.36. The van der Waals surface area contributed by atoms with Crippen molar-refractivity contribution in [2.75, 3.05) is 30.8 Å². The summed E-state index contributed by atoms with van der Waals surface area (Å²) in [5.41, 5.74) is 1.67. The van der Waals surface area contributed by atoms with Gasteiger partial charge in [-0.3, -0.25) is 9.79 Å². The average molecular weight is 445 g/mol. The van der Waals surface area contributed by atoms with Crippen molar-refractivity contribution in [1.29, 1.82) is 0 Å². The predicted octanol–water partition coefficient (Wildman–Crippen LogP) is 3.95. The molecule has 1 aromatic heterocycles. The van der Waals surface area contributed by atoms with Crippen LogP contribution in [0, 0.1) is 5.82 Å². The van der Waals surface area contributed by atoms with Gasteiger partial charge < -0.3 is 20.3 Å². The van der Waals surface area contributed by atoms with Crippen molar-refractivity contribution in [2.24, 2.45) is 4.99 Å². The number of anilines is 2. The number of rotatable bonds is 4. The number of methoxy groups -OCH3 is 1. The number of nitrogens with one attached hydrogen (secondary N) is 2. The van der Waals surface area contributed by atoms with E-state index in [0.29, 0.717) is 37.4 Å². The number of hydrogen-bond donors (Lipinski definition) is 2. The number of amides is 1. The van der Waals surface area contributed by atoms with E-state index in [4.69, 9.17) is 9.73 Å². The van der Waals surface area contributed by atoms with Gasteiger partial charge in [0, 0.05) is 18.3 Å². The minimum Gasteiger partial charge on any atom is -0.494 e. The fourth-order valence-corrected chi connectivity index (χ4v) is 4.36. The Kier molecular flexibility index (Phi) is 5.42. The number of halogens is 1. The fourth-order valence-electron chi connectivity index (χ4n) is 4.36. The van der Waals surface area contributed by atoms with Crippen LogP contribution in [0.3, 0.4) is 0 Å². The number of amidine groups is 1. The van der Waals surface area contributed by atoms with Gasteiger partial charge in [-0.25, -0.2) is 9.37 Å². The number of aromatic nitrogens is 1. The second-order valence-electron chi connectivity index (χ2n) is 8.21. The van der Waals surface area contributed by atoms with Gasteiger partial charge >= 0.3 is 0 Å². The molecule has 1 fully saturated rings. The van der Waals surface area contributed by atoms with Crippen LogP contribution in [-0.2, 0) is 6.54 Å². The summed E-state index contributed by atoms with van der Waals surface area (Å²) in [6.07, 6.45) is 2.38. The Bertz CT molecular complexity index is 1220. The molecule has 0 aliphatic carbocycles. The summed E-state index contributed by atoms with van der Waals surface area (Å²) in [5.74, 6) is 0.780. The Morgan fingerprint density at radius 3 is 2.85 bits per heavy atom. The first kappa shape index (κ1) is 20.9. The van der Waals surface area contributed by atoms with Gasteiger partial charge in [0.15, 0.2) is 17.4 Å². The third kappa shape index (κ3) is 4.00. The molecule has 1 amide bonds. The van der Waals surface area contributed by atoms with Gasteiger partial charge in [0.2, 0.25) is 0 Å². The normalized spacial score (nSPS) is 20.3. The van der Waals surface area contributed by atoms with Gasteiger partial charge in [-0.15, -0.1) is 0 Å². The number of aliphatic imine (C=N–C) groups is 1. The van der Waals surface area contributed by atoms with Gasteiger partial charge in [0.25, 0.3) is 5.91 Å². The molecule has 0 unspecified atom stereocenters. The number of hydrogen-bond acceptors (Lipinski definition) is 5. The third-order valence-corrected chi connectivity index (χ3v) is 6.09. The number of ether oxygens (including phenoxy) is 1. The van der Waals surface area contributed by atoms with Crippen LogP contribution in [-0.4, -0.2) is 47.4 Å². The molecule has 33 heavy (non-hydrogen) atoms. The van der Waals surface area contributed by atoms with Crippen molar-refractivity contribution in [2.45, 2.75) is 18.5 Å². The monoisotopic (exact) mass is 445 g/mol. The first-order valence-corrected chi connectivity index (χ1v) is 10.8. The van der Waals surface area contributed by atoms with Crippen LogP contribution in [0.1, 0.15) is 22.3 Å². The quantitative estimate of drug-likeness (QED) is 0.636. The molecule has 7 nitrogen and oxygen atoms in total. The summed E-state index contributed by atoms with van der Waals surface area (Å²) >= 11 is 0. The SMILES string of the molecule is COc1ccc(C(=O)N2CC[C@]3(C2)Nc2cccnc2NC3=NCc2ccccc2)cc1F. The molecular formula is C25H24FN5O2. The van der Waals surface area contributed by atoms with Gasteiger partial charge in [0.05, 0.1) is 25.9 Å². The van der Waals surface area contributed by atoms with Crippen molar-refractivity contribution < 1.29 is 13.9 Å². The van der Waals surface area contributed by atoms with Crippen LogP contribution in [0.15, 0.2) is 71.9 Å². The summed E-state index contributed by atoms with van der Waals surface area (Å²) in [5, 5.41) is 6.97. The van der Waals surface area contributed by atoms with Crippen LogP contribution in [0.4, 0.5) is 15.9 Å². The largest absolute Gasteiger partial charge is 0.494 e. The van der Waals surface area contributed by atoms with E-state index in [1.54, 1.807) is 17.2 Å². The summed E-state index contributed by atoms with van der Waals surface area (Å²) in [6, 6.07) is 18.1.